The molecule has 0 saturated carbocycles. The number of thiophene rings is 1. The summed E-state index contributed by atoms with van der Waals surface area (Å²) < 4.78 is 3.00. The molecule has 1 aromatic carbocycles. The molecule has 0 radical (unpaired) electrons. The molecule has 96 valence electrons. The number of benzene rings is 1. The minimum absolute atomic E-state index is 0.814. The largest absolute Gasteiger partial charge is 0.378 e. The molecule has 2 heterocycles. The maximum atomic E-state index is 4.28. The number of nitrogens with one attached hydrogen (secondary N) is 1. The maximum Gasteiger partial charge on any atom is 0.0876 e. The van der Waals surface area contributed by atoms with Gasteiger partial charge in [0.15, 0.2) is 0 Å². The summed E-state index contributed by atoms with van der Waals surface area (Å²) in [6.07, 6.45) is 3.73. The first-order chi connectivity index (χ1) is 9.33. The van der Waals surface area contributed by atoms with Gasteiger partial charge in [-0.25, -0.2) is 4.68 Å². The highest BCUT2D eigenvalue weighted by molar-refractivity contribution is 9.10. The quantitative estimate of drug-likeness (QED) is 0.771. The monoisotopic (exact) mass is 333 g/mol. The highest BCUT2D eigenvalue weighted by Gasteiger charge is 2.04. The third kappa shape index (κ3) is 2.88. The van der Waals surface area contributed by atoms with Crippen molar-refractivity contribution in [2.45, 2.75) is 6.54 Å². The van der Waals surface area contributed by atoms with E-state index in [1.165, 1.54) is 4.88 Å². The van der Waals surface area contributed by atoms with Crippen molar-refractivity contribution < 1.29 is 0 Å². The molecule has 0 unspecified atom stereocenters. The van der Waals surface area contributed by atoms with Crippen molar-refractivity contribution in [1.29, 1.82) is 0 Å². The Hall–Kier alpha value is -1.59. The Morgan fingerprint density at radius 3 is 2.89 bits per heavy atom. The summed E-state index contributed by atoms with van der Waals surface area (Å²) in [5.74, 6) is 0. The Morgan fingerprint density at radius 1 is 1.26 bits per heavy atom. The first-order valence-electron chi connectivity index (χ1n) is 5.89. The smallest absolute Gasteiger partial charge is 0.0876 e. The number of halogens is 1. The van der Waals surface area contributed by atoms with Crippen LogP contribution in [-0.2, 0) is 6.54 Å². The van der Waals surface area contributed by atoms with Gasteiger partial charge in [0.2, 0.25) is 0 Å². The van der Waals surface area contributed by atoms with E-state index < -0.39 is 0 Å². The molecule has 0 bridgehead atoms. The molecule has 0 aliphatic rings. The second-order valence-electron chi connectivity index (χ2n) is 4.05. The molecule has 0 aliphatic carbocycles. The van der Waals surface area contributed by atoms with Crippen LogP contribution in [0, 0.1) is 0 Å². The van der Waals surface area contributed by atoms with Crippen molar-refractivity contribution in [3.63, 3.8) is 0 Å². The van der Waals surface area contributed by atoms with Crippen LogP contribution in [0.15, 0.2) is 58.6 Å². The van der Waals surface area contributed by atoms with E-state index in [2.05, 4.69) is 49.9 Å². The van der Waals surface area contributed by atoms with Crippen molar-refractivity contribution in [2.75, 3.05) is 5.32 Å². The standard InChI is InChI=1S/C14H12BrN3S/c15-11-8-12(19-10-11)9-16-13-4-1-2-5-14(13)18-7-3-6-17-18/h1-8,10,16H,9H2. The van der Waals surface area contributed by atoms with Crippen molar-refractivity contribution in [1.82, 2.24) is 9.78 Å². The molecule has 0 spiro atoms. The highest BCUT2D eigenvalue weighted by atomic mass is 79.9. The third-order valence-corrected chi connectivity index (χ3v) is 4.43. The fourth-order valence-corrected chi connectivity index (χ4v) is 3.25. The van der Waals surface area contributed by atoms with Gasteiger partial charge in [0.05, 0.1) is 11.4 Å². The lowest BCUT2D eigenvalue weighted by Gasteiger charge is -2.11. The highest BCUT2D eigenvalue weighted by Crippen LogP contribution is 2.23. The molecule has 0 fully saturated rings. The number of hydrogen-bond donors (Lipinski definition) is 1. The van der Waals surface area contributed by atoms with Crippen LogP contribution in [0.2, 0.25) is 0 Å². The lowest BCUT2D eigenvalue weighted by Crippen LogP contribution is -2.03. The fraction of sp³-hybridized carbons (Fsp3) is 0.0714. The average Bonchev–Trinajstić information content (AvgIpc) is 3.08. The minimum atomic E-state index is 0.814. The zero-order chi connectivity index (χ0) is 13.1. The van der Waals surface area contributed by atoms with Crippen molar-refractivity contribution in [2.24, 2.45) is 0 Å². The SMILES string of the molecule is Brc1csc(CNc2ccccc2-n2cccn2)c1. The predicted molar refractivity (Wildman–Crippen MR) is 82.9 cm³/mol. The molecular weight excluding hydrogens is 322 g/mol. The van der Waals surface area contributed by atoms with E-state index in [0.29, 0.717) is 0 Å². The van der Waals surface area contributed by atoms with E-state index in [1.807, 2.05) is 29.1 Å². The van der Waals surface area contributed by atoms with E-state index in [0.717, 1.165) is 22.4 Å². The van der Waals surface area contributed by atoms with Crippen molar-refractivity contribution in [3.05, 3.63) is 63.5 Å². The Bertz CT molecular complexity index is 661. The second kappa shape index (κ2) is 5.59. The average molecular weight is 334 g/mol. The Labute approximate surface area is 124 Å². The predicted octanol–water partition coefficient (Wildman–Crippen LogP) is 4.31. The number of anilines is 1. The number of para-hydroxylation sites is 2. The molecule has 5 heteroatoms. The summed E-state index contributed by atoms with van der Waals surface area (Å²) in [6, 6.07) is 12.2. The fourth-order valence-electron chi connectivity index (χ4n) is 1.86. The molecule has 0 atom stereocenters. The van der Waals surface area contributed by atoms with Crippen LogP contribution in [0.4, 0.5) is 5.69 Å². The van der Waals surface area contributed by atoms with E-state index in [9.17, 15) is 0 Å². The Balaban J connectivity index is 1.81. The molecule has 0 saturated heterocycles. The summed E-state index contributed by atoms with van der Waals surface area (Å²) in [4.78, 5) is 1.29. The number of hydrogen-bond acceptors (Lipinski definition) is 3. The second-order valence-corrected chi connectivity index (χ2v) is 5.96. The van der Waals surface area contributed by atoms with Crippen LogP contribution >= 0.6 is 27.3 Å². The molecule has 3 rings (SSSR count). The van der Waals surface area contributed by atoms with Gasteiger partial charge < -0.3 is 5.32 Å². The first kappa shape index (κ1) is 12.4. The van der Waals surface area contributed by atoms with Gasteiger partial charge >= 0.3 is 0 Å². The van der Waals surface area contributed by atoms with Gasteiger partial charge in [0.25, 0.3) is 0 Å². The molecule has 3 nitrogen and oxygen atoms in total. The lowest BCUT2D eigenvalue weighted by atomic mass is 10.2. The van der Waals surface area contributed by atoms with Crippen molar-refractivity contribution >= 4 is 33.0 Å². The zero-order valence-corrected chi connectivity index (χ0v) is 12.5. The first-order valence-corrected chi connectivity index (χ1v) is 7.56. The van der Waals surface area contributed by atoms with Crippen molar-refractivity contribution in [3.8, 4) is 5.69 Å². The summed E-state index contributed by atoms with van der Waals surface area (Å²) in [5, 5.41) is 9.83. The summed E-state index contributed by atoms with van der Waals surface area (Å²) in [7, 11) is 0. The number of rotatable bonds is 4. The van der Waals surface area contributed by atoms with Gasteiger partial charge in [-0.05, 0) is 40.2 Å². The van der Waals surface area contributed by atoms with Gasteiger partial charge in [-0.2, -0.15) is 5.10 Å². The van der Waals surface area contributed by atoms with Crippen LogP contribution in [0.1, 0.15) is 4.88 Å². The molecular formula is C14H12BrN3S. The summed E-state index contributed by atoms with van der Waals surface area (Å²) >= 11 is 5.21. The molecule has 0 amide bonds. The molecule has 19 heavy (non-hydrogen) atoms. The third-order valence-electron chi connectivity index (χ3n) is 2.73. The van der Waals surface area contributed by atoms with Crippen LogP contribution in [0.5, 0.6) is 0 Å². The topological polar surface area (TPSA) is 29.9 Å². The van der Waals surface area contributed by atoms with Crippen LogP contribution in [-0.4, -0.2) is 9.78 Å². The van der Waals surface area contributed by atoms with Crippen LogP contribution in [0.3, 0.4) is 0 Å². The summed E-state index contributed by atoms with van der Waals surface area (Å²) in [5.41, 5.74) is 2.14. The van der Waals surface area contributed by atoms with E-state index >= 15 is 0 Å². The Morgan fingerprint density at radius 2 is 2.16 bits per heavy atom. The van der Waals surface area contributed by atoms with Crippen LogP contribution in [0.25, 0.3) is 5.69 Å². The van der Waals surface area contributed by atoms with E-state index in [4.69, 9.17) is 0 Å². The summed E-state index contributed by atoms with van der Waals surface area (Å²) in [6.45, 7) is 0.814. The molecule has 0 aliphatic heterocycles. The van der Waals surface area contributed by atoms with Gasteiger partial charge in [-0.3, -0.25) is 0 Å². The molecule has 2 aromatic heterocycles. The van der Waals surface area contributed by atoms with E-state index in [-0.39, 0.29) is 0 Å². The molecule has 3 aromatic rings. The van der Waals surface area contributed by atoms with Crippen LogP contribution < -0.4 is 5.32 Å². The van der Waals surface area contributed by atoms with Gasteiger partial charge in [0, 0.05) is 33.7 Å². The number of aromatic nitrogens is 2. The maximum absolute atomic E-state index is 4.28. The zero-order valence-electron chi connectivity index (χ0n) is 10.1. The van der Waals surface area contributed by atoms with Gasteiger partial charge in [-0.15, -0.1) is 11.3 Å². The van der Waals surface area contributed by atoms with Gasteiger partial charge in [0.1, 0.15) is 0 Å². The number of nitrogens with zero attached hydrogens (tertiary/aromatic N) is 2. The molecule has 1 N–H and O–H groups in total. The lowest BCUT2D eigenvalue weighted by molar-refractivity contribution is 0.879. The van der Waals surface area contributed by atoms with Gasteiger partial charge in [-0.1, -0.05) is 12.1 Å². The normalized spacial score (nSPS) is 10.6. The van der Waals surface area contributed by atoms with E-state index in [1.54, 1.807) is 17.5 Å². The minimum Gasteiger partial charge on any atom is -0.378 e. The Kier molecular flexibility index (Phi) is 3.66.